The van der Waals surface area contributed by atoms with Crippen LogP contribution in [0.4, 0.5) is 5.69 Å². The number of anilines is 1. The summed E-state index contributed by atoms with van der Waals surface area (Å²) in [4.78, 5) is 0.0494. The minimum absolute atomic E-state index is 0.0494. The maximum atomic E-state index is 11.3. The molecule has 0 fully saturated rings. The first-order chi connectivity index (χ1) is 9.90. The van der Waals surface area contributed by atoms with Crippen molar-refractivity contribution in [2.24, 2.45) is 5.14 Å². The summed E-state index contributed by atoms with van der Waals surface area (Å²) in [6.45, 7) is 0.346. The van der Waals surface area contributed by atoms with E-state index in [9.17, 15) is 8.42 Å². The Kier molecular flexibility index (Phi) is 4.48. The van der Waals surface area contributed by atoms with Gasteiger partial charge in [0.05, 0.1) is 16.1 Å². The molecule has 0 saturated heterocycles. The van der Waals surface area contributed by atoms with E-state index in [1.165, 1.54) is 12.1 Å². The van der Waals surface area contributed by atoms with E-state index in [4.69, 9.17) is 22.0 Å². The summed E-state index contributed by atoms with van der Waals surface area (Å²) in [5, 5.41) is 17.7. The highest BCUT2D eigenvalue weighted by molar-refractivity contribution is 7.89. The van der Waals surface area contributed by atoms with Gasteiger partial charge in [-0.25, -0.2) is 13.6 Å². The second kappa shape index (κ2) is 6.14. The van der Waals surface area contributed by atoms with E-state index in [1.54, 1.807) is 30.3 Å². The number of hydrogen-bond acceptors (Lipinski definition) is 4. The van der Waals surface area contributed by atoms with Crippen LogP contribution in [0.5, 0.6) is 0 Å². The quantitative estimate of drug-likeness (QED) is 0.904. The Hall–Kier alpha value is -2.07. The molecule has 0 radical (unpaired) electrons. The zero-order valence-electron chi connectivity index (χ0n) is 10.9. The van der Waals surface area contributed by atoms with Crippen LogP contribution in [-0.2, 0) is 16.6 Å². The molecule has 2 aromatic rings. The average molecular weight is 322 g/mol. The van der Waals surface area contributed by atoms with Crippen LogP contribution in [0.1, 0.15) is 11.1 Å². The van der Waals surface area contributed by atoms with Crippen molar-refractivity contribution >= 4 is 27.3 Å². The van der Waals surface area contributed by atoms with Gasteiger partial charge in [0.1, 0.15) is 6.07 Å². The van der Waals surface area contributed by atoms with Crippen molar-refractivity contribution in [3.63, 3.8) is 0 Å². The fraction of sp³-hybridized carbons (Fsp3) is 0.0714. The van der Waals surface area contributed by atoms with Crippen LogP contribution in [0.3, 0.4) is 0 Å². The van der Waals surface area contributed by atoms with Gasteiger partial charge in [-0.3, -0.25) is 0 Å². The first-order valence-electron chi connectivity index (χ1n) is 5.95. The van der Waals surface area contributed by atoms with Gasteiger partial charge in [0.25, 0.3) is 0 Å². The van der Waals surface area contributed by atoms with Crippen LogP contribution in [0.2, 0.25) is 5.02 Å². The predicted octanol–water partition coefficient (Wildman–Crippen LogP) is 2.47. The van der Waals surface area contributed by atoms with E-state index in [2.05, 4.69) is 11.4 Å². The second-order valence-corrected chi connectivity index (χ2v) is 6.35. The van der Waals surface area contributed by atoms with E-state index in [0.29, 0.717) is 22.8 Å². The van der Waals surface area contributed by atoms with E-state index >= 15 is 0 Å². The lowest BCUT2D eigenvalue weighted by Crippen LogP contribution is -2.12. The van der Waals surface area contributed by atoms with Crippen LogP contribution in [0.15, 0.2) is 47.4 Å². The Labute approximate surface area is 128 Å². The molecule has 0 spiro atoms. The van der Waals surface area contributed by atoms with Gasteiger partial charge in [-0.05, 0) is 35.9 Å². The third-order valence-electron chi connectivity index (χ3n) is 2.81. The van der Waals surface area contributed by atoms with Gasteiger partial charge in [0.2, 0.25) is 10.0 Å². The summed E-state index contributed by atoms with van der Waals surface area (Å²) in [7, 11) is -3.73. The Morgan fingerprint density at radius 2 is 2.00 bits per heavy atom. The summed E-state index contributed by atoms with van der Waals surface area (Å²) >= 11 is 5.90. The first kappa shape index (κ1) is 15.3. The fourth-order valence-corrected chi connectivity index (χ4v) is 2.55. The van der Waals surface area contributed by atoms with E-state index < -0.39 is 10.0 Å². The molecule has 0 aliphatic rings. The van der Waals surface area contributed by atoms with Gasteiger partial charge in [-0.2, -0.15) is 5.26 Å². The van der Waals surface area contributed by atoms with Gasteiger partial charge < -0.3 is 5.32 Å². The van der Waals surface area contributed by atoms with Crippen LogP contribution >= 0.6 is 11.6 Å². The number of halogens is 1. The predicted molar refractivity (Wildman–Crippen MR) is 81.3 cm³/mol. The van der Waals surface area contributed by atoms with E-state index in [1.807, 2.05) is 0 Å². The number of nitrogens with two attached hydrogens (primary N) is 1. The lowest BCUT2D eigenvalue weighted by Gasteiger charge is -2.09. The van der Waals surface area contributed by atoms with Crippen molar-refractivity contribution < 1.29 is 8.42 Å². The molecule has 3 N–H and O–H groups in total. The Balaban J connectivity index is 2.21. The molecule has 0 saturated carbocycles. The van der Waals surface area contributed by atoms with Crippen molar-refractivity contribution in [1.29, 1.82) is 5.26 Å². The molecule has 5 nitrogen and oxygen atoms in total. The van der Waals surface area contributed by atoms with Crippen molar-refractivity contribution in [3.05, 3.63) is 58.6 Å². The third kappa shape index (κ3) is 3.95. The van der Waals surface area contributed by atoms with Crippen molar-refractivity contribution in [2.75, 3.05) is 5.32 Å². The number of benzene rings is 2. The molecular formula is C14H12ClN3O2S. The topological polar surface area (TPSA) is 96.0 Å². The summed E-state index contributed by atoms with van der Waals surface area (Å²) in [5.41, 5.74) is 1.78. The third-order valence-corrected chi connectivity index (χ3v) is 3.96. The number of nitrogens with zero attached hydrogens (tertiary/aromatic N) is 1. The van der Waals surface area contributed by atoms with Crippen LogP contribution in [0.25, 0.3) is 0 Å². The molecule has 2 aromatic carbocycles. The molecule has 0 aliphatic carbocycles. The fourth-order valence-electron chi connectivity index (χ4n) is 1.79. The van der Waals surface area contributed by atoms with Crippen LogP contribution < -0.4 is 10.5 Å². The monoisotopic (exact) mass is 321 g/mol. The maximum Gasteiger partial charge on any atom is 0.238 e. The number of primary sulfonamides is 1. The van der Waals surface area contributed by atoms with E-state index in [-0.39, 0.29) is 4.90 Å². The van der Waals surface area contributed by atoms with Gasteiger partial charge in [0, 0.05) is 11.6 Å². The van der Waals surface area contributed by atoms with Gasteiger partial charge in [-0.15, -0.1) is 0 Å². The van der Waals surface area contributed by atoms with Gasteiger partial charge in [-0.1, -0.05) is 23.7 Å². The highest BCUT2D eigenvalue weighted by atomic mass is 35.5. The van der Waals surface area contributed by atoms with Crippen molar-refractivity contribution in [3.8, 4) is 6.07 Å². The zero-order chi connectivity index (χ0) is 15.5. The number of nitrogens with one attached hydrogen (secondary N) is 1. The summed E-state index contributed by atoms with van der Waals surface area (Å²) < 4.78 is 22.6. The van der Waals surface area contributed by atoms with Gasteiger partial charge >= 0.3 is 0 Å². The number of sulfonamides is 1. The summed E-state index contributed by atoms with van der Waals surface area (Å²) in [6, 6.07) is 13.2. The normalized spacial score (nSPS) is 10.9. The lowest BCUT2D eigenvalue weighted by atomic mass is 10.1. The van der Waals surface area contributed by atoms with Crippen molar-refractivity contribution in [2.45, 2.75) is 11.4 Å². The molecular weight excluding hydrogens is 310 g/mol. The Morgan fingerprint density at radius 3 is 2.67 bits per heavy atom. The number of rotatable bonds is 4. The molecule has 21 heavy (non-hydrogen) atoms. The Morgan fingerprint density at radius 1 is 1.24 bits per heavy atom. The average Bonchev–Trinajstić information content (AvgIpc) is 2.45. The largest absolute Gasteiger partial charge is 0.380 e. The molecule has 0 heterocycles. The summed E-state index contributed by atoms with van der Waals surface area (Å²) in [5.74, 6) is 0. The minimum atomic E-state index is -3.73. The Bertz CT molecular complexity index is 813. The zero-order valence-corrected chi connectivity index (χ0v) is 12.4. The molecule has 0 aromatic heterocycles. The molecule has 0 atom stereocenters. The standard InChI is InChI=1S/C14H12ClN3O2S/c15-12-5-4-11(8-16)14(7-12)18-9-10-2-1-3-13(6-10)21(17,19)20/h1-7,18H,9H2,(H2,17,19,20). The molecule has 2 rings (SSSR count). The number of nitriles is 1. The molecule has 0 unspecified atom stereocenters. The summed E-state index contributed by atoms with van der Waals surface area (Å²) in [6.07, 6.45) is 0. The molecule has 108 valence electrons. The number of hydrogen-bond donors (Lipinski definition) is 2. The molecule has 0 bridgehead atoms. The SMILES string of the molecule is N#Cc1ccc(Cl)cc1NCc1cccc(S(N)(=O)=O)c1. The maximum absolute atomic E-state index is 11.3. The van der Waals surface area contributed by atoms with E-state index in [0.717, 1.165) is 5.56 Å². The second-order valence-electron chi connectivity index (χ2n) is 4.35. The van der Waals surface area contributed by atoms with Crippen molar-refractivity contribution in [1.82, 2.24) is 0 Å². The molecule has 7 heteroatoms. The highest BCUT2D eigenvalue weighted by Gasteiger charge is 2.08. The minimum Gasteiger partial charge on any atom is -0.380 e. The lowest BCUT2D eigenvalue weighted by molar-refractivity contribution is 0.597. The van der Waals surface area contributed by atoms with Gasteiger partial charge in [0.15, 0.2) is 0 Å². The first-order valence-corrected chi connectivity index (χ1v) is 7.88. The molecule has 0 aliphatic heterocycles. The van der Waals surface area contributed by atoms with Crippen LogP contribution in [-0.4, -0.2) is 8.42 Å². The smallest absolute Gasteiger partial charge is 0.238 e. The molecule has 0 amide bonds. The highest BCUT2D eigenvalue weighted by Crippen LogP contribution is 2.21. The van der Waals surface area contributed by atoms with Crippen LogP contribution in [0, 0.1) is 11.3 Å².